The van der Waals surface area contributed by atoms with Crippen molar-refractivity contribution < 1.29 is 19.4 Å². The van der Waals surface area contributed by atoms with Gasteiger partial charge in [0, 0.05) is 13.1 Å². The molecule has 0 bridgehead atoms. The van der Waals surface area contributed by atoms with Crippen LogP contribution in [0, 0.1) is 5.41 Å². The molecule has 0 radical (unpaired) electrons. The van der Waals surface area contributed by atoms with Crippen molar-refractivity contribution >= 4 is 17.7 Å². The number of carbonyl (C=O) groups is 2. The van der Waals surface area contributed by atoms with E-state index in [4.69, 9.17) is 4.74 Å². The number of hydrogen-bond donors (Lipinski definition) is 2. The van der Waals surface area contributed by atoms with Crippen LogP contribution >= 0.6 is 0 Å². The molecule has 1 aromatic carbocycles. The fraction of sp³-hybridized carbons (Fsp3) is 0.500. The predicted octanol–water partition coefficient (Wildman–Crippen LogP) is 2.80. The molecule has 2 N–H and O–H groups in total. The average molecular weight is 306 g/mol. The quantitative estimate of drug-likeness (QED) is 0.896. The highest BCUT2D eigenvalue weighted by Crippen LogP contribution is 2.31. The molecule has 2 amide bonds. The van der Waals surface area contributed by atoms with Gasteiger partial charge in [-0.25, -0.2) is 4.79 Å². The lowest BCUT2D eigenvalue weighted by Gasteiger charge is -2.21. The van der Waals surface area contributed by atoms with Crippen LogP contribution in [0.3, 0.4) is 0 Å². The van der Waals surface area contributed by atoms with Crippen LogP contribution < -0.4 is 10.1 Å². The third-order valence-corrected chi connectivity index (χ3v) is 3.77. The lowest BCUT2D eigenvalue weighted by molar-refractivity contribution is -0.146. The Balaban J connectivity index is 2.06. The second kappa shape index (κ2) is 6.25. The number of para-hydroxylation sites is 2. The standard InChI is InChI=1S/C16H22N2O4/c1-11(2)22-13-7-5-4-6-12(13)17-15(21)18-9-8-16(3,10-18)14(19)20/h4-7,11H,8-10H2,1-3H3,(H,17,21)(H,19,20). The summed E-state index contributed by atoms with van der Waals surface area (Å²) in [6.45, 7) is 6.14. The van der Waals surface area contributed by atoms with Gasteiger partial charge >= 0.3 is 12.0 Å². The van der Waals surface area contributed by atoms with Crippen LogP contribution in [0.25, 0.3) is 0 Å². The largest absolute Gasteiger partial charge is 0.489 e. The SMILES string of the molecule is CC(C)Oc1ccccc1NC(=O)N1CCC(C)(C(=O)O)C1. The summed E-state index contributed by atoms with van der Waals surface area (Å²) < 4.78 is 5.66. The molecule has 1 fully saturated rings. The molecule has 0 spiro atoms. The molecule has 0 aromatic heterocycles. The van der Waals surface area contributed by atoms with Gasteiger partial charge in [0.05, 0.1) is 17.2 Å². The highest BCUT2D eigenvalue weighted by molar-refractivity contribution is 5.91. The number of carbonyl (C=O) groups excluding carboxylic acids is 1. The van der Waals surface area contributed by atoms with E-state index >= 15 is 0 Å². The number of anilines is 1. The number of benzene rings is 1. The number of ether oxygens (including phenoxy) is 1. The number of aliphatic carboxylic acids is 1. The molecule has 1 aromatic rings. The van der Waals surface area contributed by atoms with Gasteiger partial charge in [-0.1, -0.05) is 12.1 Å². The molecule has 6 nitrogen and oxygen atoms in total. The molecule has 22 heavy (non-hydrogen) atoms. The zero-order chi connectivity index (χ0) is 16.3. The maximum absolute atomic E-state index is 12.3. The Kier molecular flexibility index (Phi) is 4.59. The molecule has 1 heterocycles. The highest BCUT2D eigenvalue weighted by Gasteiger charge is 2.42. The van der Waals surface area contributed by atoms with E-state index in [2.05, 4.69) is 5.32 Å². The van der Waals surface area contributed by atoms with Crippen LogP contribution in [-0.4, -0.2) is 41.2 Å². The first-order valence-corrected chi connectivity index (χ1v) is 7.37. The Morgan fingerprint density at radius 3 is 2.64 bits per heavy atom. The van der Waals surface area contributed by atoms with E-state index in [1.807, 2.05) is 26.0 Å². The smallest absolute Gasteiger partial charge is 0.321 e. The summed E-state index contributed by atoms with van der Waals surface area (Å²) in [4.78, 5) is 25.1. The van der Waals surface area contributed by atoms with Crippen molar-refractivity contribution in [1.82, 2.24) is 4.90 Å². The molecular formula is C16H22N2O4. The summed E-state index contributed by atoms with van der Waals surface area (Å²) in [6.07, 6.45) is 0.458. The molecule has 6 heteroatoms. The Hall–Kier alpha value is -2.24. The van der Waals surface area contributed by atoms with Crippen molar-refractivity contribution in [3.63, 3.8) is 0 Å². The topological polar surface area (TPSA) is 78.9 Å². The predicted molar refractivity (Wildman–Crippen MR) is 83.2 cm³/mol. The summed E-state index contributed by atoms with van der Waals surface area (Å²) >= 11 is 0. The van der Waals surface area contributed by atoms with Crippen LogP contribution in [0.5, 0.6) is 5.75 Å². The van der Waals surface area contributed by atoms with Crippen molar-refractivity contribution in [3.8, 4) is 5.75 Å². The van der Waals surface area contributed by atoms with E-state index in [-0.39, 0.29) is 18.7 Å². The zero-order valence-electron chi connectivity index (χ0n) is 13.1. The Morgan fingerprint density at radius 2 is 2.05 bits per heavy atom. The molecule has 120 valence electrons. The molecule has 0 aliphatic carbocycles. The summed E-state index contributed by atoms with van der Waals surface area (Å²) in [5.41, 5.74) is -0.282. The van der Waals surface area contributed by atoms with Crippen LogP contribution in [0.4, 0.5) is 10.5 Å². The van der Waals surface area contributed by atoms with Gasteiger partial charge in [-0.3, -0.25) is 4.79 Å². The van der Waals surface area contributed by atoms with Crippen LogP contribution in [0.1, 0.15) is 27.2 Å². The first-order chi connectivity index (χ1) is 10.3. The third kappa shape index (κ3) is 3.50. The average Bonchev–Trinajstić information content (AvgIpc) is 2.85. The van der Waals surface area contributed by atoms with Gasteiger partial charge < -0.3 is 20.1 Å². The van der Waals surface area contributed by atoms with Gasteiger partial charge in [-0.15, -0.1) is 0 Å². The first kappa shape index (κ1) is 16.1. The Bertz CT molecular complexity index is 573. The number of rotatable bonds is 4. The van der Waals surface area contributed by atoms with Crippen molar-refractivity contribution in [1.29, 1.82) is 0 Å². The fourth-order valence-corrected chi connectivity index (χ4v) is 2.43. The van der Waals surface area contributed by atoms with Crippen LogP contribution in [0.2, 0.25) is 0 Å². The van der Waals surface area contributed by atoms with Gasteiger partial charge in [0.15, 0.2) is 0 Å². The highest BCUT2D eigenvalue weighted by atomic mass is 16.5. The Labute approximate surface area is 130 Å². The second-order valence-corrected chi connectivity index (χ2v) is 6.13. The summed E-state index contributed by atoms with van der Waals surface area (Å²) in [5.74, 6) is -0.266. The van der Waals surface area contributed by atoms with Gasteiger partial charge in [-0.2, -0.15) is 0 Å². The van der Waals surface area contributed by atoms with Crippen molar-refractivity contribution in [2.45, 2.75) is 33.3 Å². The minimum Gasteiger partial charge on any atom is -0.489 e. The number of urea groups is 1. The monoisotopic (exact) mass is 306 g/mol. The number of nitrogens with zero attached hydrogens (tertiary/aromatic N) is 1. The molecule has 2 rings (SSSR count). The van der Waals surface area contributed by atoms with Gasteiger partial charge in [0.1, 0.15) is 5.75 Å². The number of amides is 2. The van der Waals surface area contributed by atoms with E-state index in [1.165, 1.54) is 4.90 Å². The fourth-order valence-electron chi connectivity index (χ4n) is 2.43. The van der Waals surface area contributed by atoms with Gasteiger partial charge in [0.25, 0.3) is 0 Å². The summed E-state index contributed by atoms with van der Waals surface area (Å²) in [6, 6.07) is 6.91. The van der Waals surface area contributed by atoms with Crippen molar-refractivity contribution in [2.75, 3.05) is 18.4 Å². The van der Waals surface area contributed by atoms with E-state index in [0.717, 1.165) is 0 Å². The minimum absolute atomic E-state index is 0.000130. The molecule has 1 aliphatic rings. The molecule has 1 unspecified atom stereocenters. The number of nitrogens with one attached hydrogen (secondary N) is 1. The second-order valence-electron chi connectivity index (χ2n) is 6.13. The molecule has 1 atom stereocenters. The van der Waals surface area contributed by atoms with Gasteiger partial charge in [0.2, 0.25) is 0 Å². The van der Waals surface area contributed by atoms with Gasteiger partial charge in [-0.05, 0) is 39.3 Å². The van der Waals surface area contributed by atoms with Crippen molar-refractivity contribution in [2.24, 2.45) is 5.41 Å². The number of carboxylic acids is 1. The van der Waals surface area contributed by atoms with Crippen molar-refractivity contribution in [3.05, 3.63) is 24.3 Å². The van der Waals surface area contributed by atoms with Crippen LogP contribution in [0.15, 0.2) is 24.3 Å². The lowest BCUT2D eigenvalue weighted by atomic mass is 9.90. The third-order valence-electron chi connectivity index (χ3n) is 3.77. The maximum Gasteiger partial charge on any atom is 0.321 e. The molecule has 1 saturated heterocycles. The minimum atomic E-state index is -0.870. The lowest BCUT2D eigenvalue weighted by Crippen LogP contribution is -2.37. The maximum atomic E-state index is 12.3. The molecular weight excluding hydrogens is 284 g/mol. The summed E-state index contributed by atoms with van der Waals surface area (Å²) in [5, 5.41) is 12.0. The van der Waals surface area contributed by atoms with E-state index in [9.17, 15) is 14.7 Å². The van der Waals surface area contributed by atoms with E-state index in [0.29, 0.717) is 24.4 Å². The summed E-state index contributed by atoms with van der Waals surface area (Å²) in [7, 11) is 0. The number of carboxylic acid groups (broad SMARTS) is 1. The molecule has 0 saturated carbocycles. The first-order valence-electron chi connectivity index (χ1n) is 7.37. The normalized spacial score (nSPS) is 21.0. The van der Waals surface area contributed by atoms with E-state index < -0.39 is 11.4 Å². The molecule has 1 aliphatic heterocycles. The number of hydrogen-bond acceptors (Lipinski definition) is 3. The number of likely N-dealkylation sites (tertiary alicyclic amines) is 1. The van der Waals surface area contributed by atoms with E-state index in [1.54, 1.807) is 19.1 Å². The zero-order valence-corrected chi connectivity index (χ0v) is 13.1. The van der Waals surface area contributed by atoms with Crippen LogP contribution in [-0.2, 0) is 4.79 Å². The Morgan fingerprint density at radius 1 is 1.36 bits per heavy atom.